The van der Waals surface area contributed by atoms with Crippen molar-refractivity contribution in [3.63, 3.8) is 0 Å². The highest BCUT2D eigenvalue weighted by atomic mass is 32.1. The van der Waals surface area contributed by atoms with E-state index in [-0.39, 0.29) is 11.5 Å². The number of halogens is 1. The fourth-order valence-electron chi connectivity index (χ4n) is 1.51. The second-order valence-electron chi connectivity index (χ2n) is 4.24. The van der Waals surface area contributed by atoms with Gasteiger partial charge in [-0.05, 0) is 24.1 Å². The first kappa shape index (κ1) is 13.0. The van der Waals surface area contributed by atoms with Crippen molar-refractivity contribution in [2.75, 3.05) is 13.6 Å². The summed E-state index contributed by atoms with van der Waals surface area (Å²) < 4.78 is 13.4. The maximum atomic E-state index is 13.4. The van der Waals surface area contributed by atoms with E-state index in [9.17, 15) is 9.18 Å². The summed E-state index contributed by atoms with van der Waals surface area (Å²) in [5.74, 6) is -0.447. The number of carbonyl (C=O) groups is 1. The van der Waals surface area contributed by atoms with Crippen molar-refractivity contribution in [3.8, 4) is 0 Å². The molecule has 0 spiro atoms. The number of hydrogen-bond acceptors (Lipinski definition) is 2. The molecule has 0 fully saturated rings. The van der Waals surface area contributed by atoms with Gasteiger partial charge in [-0.25, -0.2) is 4.39 Å². The van der Waals surface area contributed by atoms with Gasteiger partial charge in [-0.2, -0.15) is 0 Å². The third kappa shape index (κ3) is 3.23. The first-order valence-electron chi connectivity index (χ1n) is 5.15. The van der Waals surface area contributed by atoms with Gasteiger partial charge in [0.05, 0.1) is 5.56 Å². The van der Waals surface area contributed by atoms with Gasteiger partial charge in [0.25, 0.3) is 5.91 Å². The van der Waals surface area contributed by atoms with Gasteiger partial charge in [0.1, 0.15) is 5.82 Å². The Balaban J connectivity index is 2.91. The summed E-state index contributed by atoms with van der Waals surface area (Å²) in [5.41, 5.74) is 0.0793. The Bertz CT molecular complexity index is 393. The van der Waals surface area contributed by atoms with Gasteiger partial charge in [0, 0.05) is 18.5 Å². The molecule has 2 nitrogen and oxygen atoms in total. The lowest BCUT2D eigenvalue weighted by atomic mass is 10.1. The van der Waals surface area contributed by atoms with Crippen LogP contribution in [0.1, 0.15) is 24.2 Å². The summed E-state index contributed by atoms with van der Waals surface area (Å²) in [7, 11) is 1.67. The van der Waals surface area contributed by atoms with E-state index in [1.807, 2.05) is 13.8 Å². The van der Waals surface area contributed by atoms with Crippen LogP contribution in [-0.4, -0.2) is 24.4 Å². The summed E-state index contributed by atoms with van der Waals surface area (Å²) in [4.78, 5) is 14.0. The van der Waals surface area contributed by atoms with E-state index in [1.165, 1.54) is 23.1 Å². The minimum Gasteiger partial charge on any atom is -0.341 e. The van der Waals surface area contributed by atoms with Gasteiger partial charge in [-0.1, -0.05) is 13.8 Å². The topological polar surface area (TPSA) is 20.3 Å². The fraction of sp³-hybridized carbons (Fsp3) is 0.417. The molecule has 1 amide bonds. The minimum atomic E-state index is -0.501. The van der Waals surface area contributed by atoms with E-state index in [4.69, 9.17) is 0 Å². The average Bonchev–Trinajstić information content (AvgIpc) is 2.19. The third-order valence-corrected chi connectivity index (χ3v) is 2.44. The van der Waals surface area contributed by atoms with Crippen LogP contribution in [0.4, 0.5) is 4.39 Å². The normalized spacial score (nSPS) is 10.6. The monoisotopic (exact) mass is 241 g/mol. The number of carbonyl (C=O) groups excluding carboxylic acids is 1. The van der Waals surface area contributed by atoms with Crippen LogP contribution in [0, 0.1) is 11.7 Å². The second-order valence-corrected chi connectivity index (χ2v) is 4.76. The fourth-order valence-corrected chi connectivity index (χ4v) is 1.72. The van der Waals surface area contributed by atoms with Crippen molar-refractivity contribution in [2.24, 2.45) is 5.92 Å². The van der Waals surface area contributed by atoms with Crippen molar-refractivity contribution in [1.82, 2.24) is 4.90 Å². The van der Waals surface area contributed by atoms with Gasteiger partial charge < -0.3 is 4.90 Å². The van der Waals surface area contributed by atoms with Crippen LogP contribution in [0.5, 0.6) is 0 Å². The molecule has 0 radical (unpaired) electrons. The number of thiol groups is 1. The molecular formula is C12H16FNOS. The summed E-state index contributed by atoms with van der Waals surface area (Å²) in [6.07, 6.45) is 0. The Morgan fingerprint density at radius 2 is 2.12 bits per heavy atom. The average molecular weight is 241 g/mol. The first-order chi connectivity index (χ1) is 7.41. The molecule has 0 unspecified atom stereocenters. The minimum absolute atomic E-state index is 0.0793. The Hall–Kier alpha value is -1.03. The van der Waals surface area contributed by atoms with Crippen molar-refractivity contribution >= 4 is 18.5 Å². The van der Waals surface area contributed by atoms with Gasteiger partial charge >= 0.3 is 0 Å². The zero-order valence-corrected chi connectivity index (χ0v) is 10.6. The zero-order chi connectivity index (χ0) is 12.3. The van der Waals surface area contributed by atoms with Crippen LogP contribution < -0.4 is 0 Å². The molecule has 0 aliphatic carbocycles. The van der Waals surface area contributed by atoms with Crippen molar-refractivity contribution in [2.45, 2.75) is 18.7 Å². The Morgan fingerprint density at radius 3 is 2.69 bits per heavy atom. The third-order valence-electron chi connectivity index (χ3n) is 2.17. The van der Waals surface area contributed by atoms with E-state index in [2.05, 4.69) is 12.6 Å². The lowest BCUT2D eigenvalue weighted by Crippen LogP contribution is -2.30. The van der Waals surface area contributed by atoms with Gasteiger partial charge in [-0.15, -0.1) is 12.6 Å². The SMILES string of the molecule is CC(C)CN(C)C(=O)c1cc(S)ccc1F. The van der Waals surface area contributed by atoms with E-state index in [0.717, 1.165) is 0 Å². The molecule has 88 valence electrons. The van der Waals surface area contributed by atoms with Crippen LogP contribution >= 0.6 is 12.6 Å². The predicted octanol–water partition coefficient (Wildman–Crippen LogP) is 2.84. The predicted molar refractivity (Wildman–Crippen MR) is 65.5 cm³/mol. The molecule has 0 aliphatic rings. The van der Waals surface area contributed by atoms with Crippen LogP contribution in [0.25, 0.3) is 0 Å². The smallest absolute Gasteiger partial charge is 0.256 e. The van der Waals surface area contributed by atoms with Crippen molar-refractivity contribution in [3.05, 3.63) is 29.6 Å². The number of benzene rings is 1. The summed E-state index contributed by atoms with van der Waals surface area (Å²) in [5, 5.41) is 0. The number of rotatable bonds is 3. The van der Waals surface area contributed by atoms with Crippen LogP contribution in [0.15, 0.2) is 23.1 Å². The summed E-state index contributed by atoms with van der Waals surface area (Å²) in [6.45, 7) is 4.62. The first-order valence-corrected chi connectivity index (χ1v) is 5.60. The Labute approximate surface area is 101 Å². The van der Waals surface area contributed by atoms with E-state index >= 15 is 0 Å². The van der Waals surface area contributed by atoms with Gasteiger partial charge in [0.15, 0.2) is 0 Å². The highest BCUT2D eigenvalue weighted by molar-refractivity contribution is 7.80. The van der Waals surface area contributed by atoms with E-state index in [0.29, 0.717) is 17.4 Å². The highest BCUT2D eigenvalue weighted by Gasteiger charge is 2.16. The quantitative estimate of drug-likeness (QED) is 0.807. The molecule has 1 aromatic carbocycles. The number of amides is 1. The molecule has 0 saturated carbocycles. The molecule has 0 aromatic heterocycles. The van der Waals surface area contributed by atoms with Crippen LogP contribution in [-0.2, 0) is 0 Å². The van der Waals surface area contributed by atoms with E-state index in [1.54, 1.807) is 7.05 Å². The van der Waals surface area contributed by atoms with Gasteiger partial charge in [-0.3, -0.25) is 4.79 Å². The largest absolute Gasteiger partial charge is 0.341 e. The second kappa shape index (κ2) is 5.34. The highest BCUT2D eigenvalue weighted by Crippen LogP contribution is 2.15. The molecule has 0 saturated heterocycles. The zero-order valence-electron chi connectivity index (χ0n) is 9.70. The molecule has 4 heteroatoms. The molecule has 0 atom stereocenters. The molecule has 1 rings (SSSR count). The molecular weight excluding hydrogens is 225 g/mol. The molecule has 1 aromatic rings. The Morgan fingerprint density at radius 1 is 1.50 bits per heavy atom. The summed E-state index contributed by atoms with van der Waals surface area (Å²) >= 11 is 4.10. The van der Waals surface area contributed by atoms with E-state index < -0.39 is 5.82 Å². The summed E-state index contributed by atoms with van der Waals surface area (Å²) in [6, 6.07) is 4.24. The molecule has 0 bridgehead atoms. The van der Waals surface area contributed by atoms with Gasteiger partial charge in [0.2, 0.25) is 0 Å². The number of hydrogen-bond donors (Lipinski definition) is 1. The Kier molecular flexibility index (Phi) is 4.35. The molecule has 0 aliphatic heterocycles. The van der Waals surface area contributed by atoms with Crippen molar-refractivity contribution < 1.29 is 9.18 Å². The molecule has 0 N–H and O–H groups in total. The maximum absolute atomic E-state index is 13.4. The lowest BCUT2D eigenvalue weighted by molar-refractivity contribution is 0.0774. The maximum Gasteiger partial charge on any atom is 0.256 e. The molecule has 0 heterocycles. The standard InChI is InChI=1S/C12H16FNOS/c1-8(2)7-14(3)12(15)10-6-9(16)4-5-11(10)13/h4-6,8,16H,7H2,1-3H3. The number of nitrogens with zero attached hydrogens (tertiary/aromatic N) is 1. The van der Waals surface area contributed by atoms with Crippen LogP contribution in [0.3, 0.4) is 0 Å². The van der Waals surface area contributed by atoms with Crippen LogP contribution in [0.2, 0.25) is 0 Å². The molecule has 16 heavy (non-hydrogen) atoms. The van der Waals surface area contributed by atoms with Crippen molar-refractivity contribution in [1.29, 1.82) is 0 Å². The lowest BCUT2D eigenvalue weighted by Gasteiger charge is -2.19.